The van der Waals surface area contributed by atoms with E-state index in [2.05, 4.69) is 31.3 Å². The molecule has 0 aromatic rings. The number of carbonyl (C=O) groups is 2. The number of allylic oxidation sites excluding steroid dienone is 2. The minimum Gasteiger partial charge on any atom is -0.466 e. The van der Waals surface area contributed by atoms with E-state index < -0.39 is 12.1 Å². The molecule has 0 heterocycles. The molecule has 0 aliphatic rings. The lowest BCUT2D eigenvalue weighted by Crippen LogP contribution is -2.45. The first-order valence-corrected chi connectivity index (χ1v) is 35.4. The van der Waals surface area contributed by atoms with Crippen LogP contribution in [0.5, 0.6) is 0 Å². The molecular weight excluding hydrogens is 947 g/mol. The maximum Gasteiger partial charge on any atom is 0.305 e. The average Bonchev–Trinajstić information content (AvgIpc) is 3.43. The van der Waals surface area contributed by atoms with Crippen LogP contribution in [0.15, 0.2) is 12.2 Å². The molecule has 458 valence electrons. The molecular formula is C71H139NO5. The number of aliphatic hydroxyl groups is 2. The number of carbonyl (C=O) groups excluding carboxylic acids is 2. The number of aliphatic hydroxyl groups excluding tert-OH is 2. The Morgan fingerprint density at radius 2 is 0.610 bits per heavy atom. The van der Waals surface area contributed by atoms with Gasteiger partial charge in [-0.15, -0.1) is 0 Å². The predicted octanol–water partition coefficient (Wildman–Crippen LogP) is 22.8. The largest absolute Gasteiger partial charge is 0.466 e. The van der Waals surface area contributed by atoms with Crippen molar-refractivity contribution in [2.24, 2.45) is 0 Å². The fourth-order valence-electron chi connectivity index (χ4n) is 11.4. The van der Waals surface area contributed by atoms with Gasteiger partial charge < -0.3 is 20.3 Å². The summed E-state index contributed by atoms with van der Waals surface area (Å²) in [6, 6.07) is -0.537. The fourth-order valence-corrected chi connectivity index (χ4v) is 11.4. The normalized spacial score (nSPS) is 12.5. The molecule has 77 heavy (non-hydrogen) atoms. The summed E-state index contributed by atoms with van der Waals surface area (Å²) >= 11 is 0. The van der Waals surface area contributed by atoms with E-state index in [0.29, 0.717) is 25.9 Å². The van der Waals surface area contributed by atoms with Crippen LogP contribution in [0.25, 0.3) is 0 Å². The van der Waals surface area contributed by atoms with Crippen molar-refractivity contribution in [2.45, 2.75) is 418 Å². The van der Waals surface area contributed by atoms with Gasteiger partial charge in [-0.1, -0.05) is 353 Å². The van der Waals surface area contributed by atoms with Crippen molar-refractivity contribution in [1.29, 1.82) is 0 Å². The Morgan fingerprint density at radius 3 is 0.935 bits per heavy atom. The van der Waals surface area contributed by atoms with Crippen molar-refractivity contribution in [2.75, 3.05) is 13.2 Å². The van der Waals surface area contributed by atoms with Gasteiger partial charge in [0, 0.05) is 12.8 Å². The molecule has 6 nitrogen and oxygen atoms in total. The minimum absolute atomic E-state index is 0.0122. The highest BCUT2D eigenvalue weighted by molar-refractivity contribution is 5.76. The summed E-state index contributed by atoms with van der Waals surface area (Å²) in [6.07, 6.45) is 82.7. The van der Waals surface area contributed by atoms with Crippen molar-refractivity contribution in [3.05, 3.63) is 12.2 Å². The van der Waals surface area contributed by atoms with Gasteiger partial charge >= 0.3 is 5.97 Å². The fraction of sp³-hybridized carbons (Fsp3) is 0.944. The Bertz CT molecular complexity index is 1160. The van der Waals surface area contributed by atoms with Crippen LogP contribution in [0.1, 0.15) is 406 Å². The number of amides is 1. The van der Waals surface area contributed by atoms with E-state index in [0.717, 1.165) is 44.9 Å². The summed E-state index contributed by atoms with van der Waals surface area (Å²) in [5, 5.41) is 23.4. The maximum atomic E-state index is 12.5. The Kier molecular flexibility index (Phi) is 65.9. The molecule has 3 N–H and O–H groups in total. The number of hydrogen-bond acceptors (Lipinski definition) is 5. The summed E-state index contributed by atoms with van der Waals surface area (Å²) in [7, 11) is 0. The molecule has 2 atom stereocenters. The summed E-state index contributed by atoms with van der Waals surface area (Å²) in [5.41, 5.74) is 0. The Balaban J connectivity index is 3.32. The third kappa shape index (κ3) is 63.6. The second-order valence-electron chi connectivity index (χ2n) is 24.6. The molecule has 0 aromatic carbocycles. The topological polar surface area (TPSA) is 95.9 Å². The van der Waals surface area contributed by atoms with Crippen LogP contribution in [0, 0.1) is 0 Å². The van der Waals surface area contributed by atoms with Crippen LogP contribution in [0.2, 0.25) is 0 Å². The average molecular weight is 1090 g/mol. The lowest BCUT2D eigenvalue weighted by molar-refractivity contribution is -0.143. The summed E-state index contributed by atoms with van der Waals surface area (Å²) in [6.45, 7) is 4.98. The van der Waals surface area contributed by atoms with Gasteiger partial charge in [0.1, 0.15) is 0 Å². The van der Waals surface area contributed by atoms with E-state index in [1.54, 1.807) is 0 Å². The van der Waals surface area contributed by atoms with Gasteiger partial charge in [-0.3, -0.25) is 9.59 Å². The van der Waals surface area contributed by atoms with Crippen LogP contribution in [0.4, 0.5) is 0 Å². The molecule has 0 aliphatic carbocycles. The zero-order valence-corrected chi connectivity index (χ0v) is 52.5. The molecule has 0 fully saturated rings. The molecule has 0 aromatic heterocycles. The number of rotatable bonds is 67. The quantitative estimate of drug-likeness (QED) is 0.0320. The van der Waals surface area contributed by atoms with Crippen LogP contribution in [-0.4, -0.2) is 47.4 Å². The predicted molar refractivity (Wildman–Crippen MR) is 338 cm³/mol. The number of hydrogen-bond donors (Lipinski definition) is 3. The van der Waals surface area contributed by atoms with E-state index in [1.807, 2.05) is 0 Å². The highest BCUT2D eigenvalue weighted by atomic mass is 16.5. The maximum absolute atomic E-state index is 12.5. The molecule has 0 saturated carbocycles. The van der Waals surface area contributed by atoms with Gasteiger partial charge in [-0.25, -0.2) is 0 Å². The minimum atomic E-state index is -0.660. The number of ether oxygens (including phenoxy) is 1. The van der Waals surface area contributed by atoms with Gasteiger partial charge in [-0.05, 0) is 51.4 Å². The first-order valence-electron chi connectivity index (χ1n) is 35.4. The summed E-state index contributed by atoms with van der Waals surface area (Å²) in [4.78, 5) is 24.6. The second-order valence-corrected chi connectivity index (χ2v) is 24.6. The smallest absolute Gasteiger partial charge is 0.305 e. The summed E-state index contributed by atoms with van der Waals surface area (Å²) in [5.74, 6) is -0.0148. The van der Waals surface area contributed by atoms with Crippen molar-refractivity contribution < 1.29 is 24.5 Å². The lowest BCUT2D eigenvalue weighted by atomic mass is 10.0. The lowest BCUT2D eigenvalue weighted by Gasteiger charge is -2.22. The van der Waals surface area contributed by atoms with Gasteiger partial charge in [0.2, 0.25) is 5.91 Å². The third-order valence-electron chi connectivity index (χ3n) is 16.8. The van der Waals surface area contributed by atoms with Gasteiger partial charge in [0.25, 0.3) is 0 Å². The van der Waals surface area contributed by atoms with Crippen molar-refractivity contribution in [3.8, 4) is 0 Å². The number of unbranched alkanes of at least 4 members (excludes halogenated alkanes) is 54. The van der Waals surface area contributed by atoms with Crippen molar-refractivity contribution >= 4 is 11.9 Å². The Hall–Kier alpha value is -1.40. The third-order valence-corrected chi connectivity index (χ3v) is 16.8. The zero-order valence-electron chi connectivity index (χ0n) is 52.5. The highest BCUT2D eigenvalue weighted by Crippen LogP contribution is 2.19. The van der Waals surface area contributed by atoms with Crippen LogP contribution < -0.4 is 5.32 Å². The number of esters is 1. The van der Waals surface area contributed by atoms with Crippen molar-refractivity contribution in [1.82, 2.24) is 5.32 Å². The monoisotopic (exact) mass is 1090 g/mol. The molecule has 6 heteroatoms. The van der Waals surface area contributed by atoms with Crippen LogP contribution in [0.3, 0.4) is 0 Å². The molecule has 2 unspecified atom stereocenters. The van der Waals surface area contributed by atoms with E-state index in [-0.39, 0.29) is 18.5 Å². The van der Waals surface area contributed by atoms with Crippen molar-refractivity contribution in [3.63, 3.8) is 0 Å². The first kappa shape index (κ1) is 75.6. The SMILES string of the molecule is CCCCCC/C=C\CCCCCCCC(=O)OCCCCCCCCCCCCCCCCCCCCCCCCCCCCCCCCCC(=O)NC(CO)C(O)CCCCCCCCCCCCCCCCCC. The van der Waals surface area contributed by atoms with Gasteiger partial charge in [-0.2, -0.15) is 0 Å². The van der Waals surface area contributed by atoms with Crippen LogP contribution in [-0.2, 0) is 14.3 Å². The van der Waals surface area contributed by atoms with Gasteiger partial charge in [0.15, 0.2) is 0 Å². The van der Waals surface area contributed by atoms with Crippen LogP contribution >= 0.6 is 0 Å². The first-order chi connectivity index (χ1) is 38.0. The molecule has 0 spiro atoms. The van der Waals surface area contributed by atoms with E-state index in [9.17, 15) is 19.8 Å². The molecule has 0 bridgehead atoms. The Morgan fingerprint density at radius 1 is 0.351 bits per heavy atom. The standard InChI is InChI=1S/C71H139NO5/c1-3-5-7-9-11-13-15-17-18-36-40-43-47-51-55-59-63-69(74)68(67-73)72-70(75)64-60-56-52-48-44-41-37-34-32-30-28-26-24-22-20-19-21-23-25-27-29-31-33-35-38-42-46-50-54-58-62-66-77-71(76)65-61-57-53-49-45-39-16-14-12-10-8-6-4-2/h14,16,68-69,73-74H,3-13,15,17-67H2,1-2H3,(H,72,75)/b16-14-. The summed E-state index contributed by atoms with van der Waals surface area (Å²) < 4.78 is 5.48. The Labute approximate surface area is 482 Å². The number of nitrogens with one attached hydrogen (secondary N) is 1. The highest BCUT2D eigenvalue weighted by Gasteiger charge is 2.20. The molecule has 0 radical (unpaired) electrons. The molecule has 0 rings (SSSR count). The van der Waals surface area contributed by atoms with E-state index in [1.165, 1.54) is 327 Å². The van der Waals surface area contributed by atoms with Gasteiger partial charge in [0.05, 0.1) is 25.4 Å². The molecule has 0 saturated heterocycles. The van der Waals surface area contributed by atoms with E-state index >= 15 is 0 Å². The van der Waals surface area contributed by atoms with E-state index in [4.69, 9.17) is 4.74 Å². The zero-order chi connectivity index (χ0) is 55.7. The molecule has 1 amide bonds. The second kappa shape index (κ2) is 67.1. The molecule has 0 aliphatic heterocycles.